The van der Waals surface area contributed by atoms with Gasteiger partial charge in [0.1, 0.15) is 5.75 Å². The van der Waals surface area contributed by atoms with E-state index in [1.165, 1.54) is 11.8 Å². The lowest BCUT2D eigenvalue weighted by Crippen LogP contribution is -2.22. The number of carbonyl (C=O) groups is 1. The van der Waals surface area contributed by atoms with Gasteiger partial charge in [-0.15, -0.1) is 5.10 Å². The van der Waals surface area contributed by atoms with Crippen molar-refractivity contribution >= 4 is 23.4 Å². The molecule has 0 spiro atoms. The lowest BCUT2D eigenvalue weighted by Gasteiger charge is -2.10. The van der Waals surface area contributed by atoms with E-state index in [1.807, 2.05) is 62.4 Å². The lowest BCUT2D eigenvalue weighted by atomic mass is 10.2. The van der Waals surface area contributed by atoms with Gasteiger partial charge in [0.2, 0.25) is 11.1 Å². The second kappa shape index (κ2) is 8.05. The second-order valence-corrected chi connectivity index (χ2v) is 7.12. The molecule has 0 fully saturated rings. The molecular formula is C19H20N4O2S. The van der Waals surface area contributed by atoms with Crippen LogP contribution in [0.2, 0.25) is 0 Å². The maximum atomic E-state index is 12.4. The third-order valence-corrected chi connectivity index (χ3v) is 4.73. The molecule has 0 saturated carbocycles. The Hall–Kier alpha value is -2.80. The number of ether oxygens (including phenoxy) is 1. The fraction of sp³-hybridized carbons (Fsp3) is 0.211. The average Bonchev–Trinajstić information content (AvgIpc) is 3.10. The van der Waals surface area contributed by atoms with Crippen LogP contribution in [0, 0.1) is 6.92 Å². The number of hydrogen-bond acceptors (Lipinski definition) is 5. The van der Waals surface area contributed by atoms with Gasteiger partial charge < -0.3 is 10.1 Å². The number of benzene rings is 2. The molecule has 0 aliphatic carbocycles. The zero-order valence-corrected chi connectivity index (χ0v) is 15.6. The van der Waals surface area contributed by atoms with Gasteiger partial charge >= 0.3 is 0 Å². The molecule has 0 aliphatic rings. The maximum absolute atomic E-state index is 12.4. The molecule has 7 heteroatoms. The number of aryl methyl sites for hydroxylation is 1. The Morgan fingerprint density at radius 2 is 2.00 bits per heavy atom. The summed E-state index contributed by atoms with van der Waals surface area (Å²) < 4.78 is 5.15. The van der Waals surface area contributed by atoms with E-state index in [0.717, 1.165) is 22.6 Å². The Bertz CT molecular complexity index is 893. The average molecular weight is 368 g/mol. The summed E-state index contributed by atoms with van der Waals surface area (Å²) in [6.45, 7) is 3.82. The molecule has 6 nitrogen and oxygen atoms in total. The topological polar surface area (TPSA) is 79.9 Å². The predicted octanol–water partition coefficient (Wildman–Crippen LogP) is 3.91. The molecule has 0 unspecified atom stereocenters. The fourth-order valence-electron chi connectivity index (χ4n) is 2.36. The smallest absolute Gasteiger partial charge is 0.237 e. The molecule has 2 aromatic carbocycles. The molecular weight excluding hydrogens is 348 g/mol. The van der Waals surface area contributed by atoms with Crippen LogP contribution in [-0.2, 0) is 4.79 Å². The molecule has 26 heavy (non-hydrogen) atoms. The summed E-state index contributed by atoms with van der Waals surface area (Å²) in [6, 6.07) is 15.2. The number of rotatable bonds is 6. The first-order chi connectivity index (χ1) is 12.5. The van der Waals surface area contributed by atoms with E-state index in [0.29, 0.717) is 11.0 Å². The van der Waals surface area contributed by atoms with Gasteiger partial charge in [0.25, 0.3) is 0 Å². The molecule has 1 atom stereocenters. The number of anilines is 1. The quantitative estimate of drug-likeness (QED) is 0.645. The van der Waals surface area contributed by atoms with E-state index < -0.39 is 0 Å². The largest absolute Gasteiger partial charge is 0.497 e. The van der Waals surface area contributed by atoms with Crippen LogP contribution in [0.1, 0.15) is 12.5 Å². The number of methoxy groups -OCH3 is 1. The number of nitrogens with one attached hydrogen (secondary N) is 2. The highest BCUT2D eigenvalue weighted by Gasteiger charge is 2.17. The van der Waals surface area contributed by atoms with Gasteiger partial charge in [-0.2, -0.15) is 0 Å². The van der Waals surface area contributed by atoms with E-state index in [9.17, 15) is 4.79 Å². The monoisotopic (exact) mass is 368 g/mol. The van der Waals surface area contributed by atoms with Crippen molar-refractivity contribution in [1.29, 1.82) is 0 Å². The fourth-order valence-corrected chi connectivity index (χ4v) is 3.08. The van der Waals surface area contributed by atoms with Gasteiger partial charge in [0, 0.05) is 11.3 Å². The number of carbonyl (C=O) groups excluding carboxylic acids is 1. The summed E-state index contributed by atoms with van der Waals surface area (Å²) >= 11 is 1.31. The van der Waals surface area contributed by atoms with Crippen molar-refractivity contribution in [2.24, 2.45) is 0 Å². The molecule has 0 radical (unpaired) electrons. The predicted molar refractivity (Wildman–Crippen MR) is 103 cm³/mol. The Morgan fingerprint density at radius 3 is 2.69 bits per heavy atom. The zero-order chi connectivity index (χ0) is 18.5. The SMILES string of the molecule is COc1ccc(-c2nc(S[C@H](C)C(=O)Nc3cccc(C)c3)n[nH]2)cc1. The lowest BCUT2D eigenvalue weighted by molar-refractivity contribution is -0.115. The molecule has 134 valence electrons. The maximum Gasteiger partial charge on any atom is 0.237 e. The van der Waals surface area contributed by atoms with E-state index in [-0.39, 0.29) is 11.2 Å². The van der Waals surface area contributed by atoms with Gasteiger partial charge in [0.05, 0.1) is 12.4 Å². The molecule has 1 heterocycles. The van der Waals surface area contributed by atoms with E-state index in [4.69, 9.17) is 4.74 Å². The highest BCUT2D eigenvalue weighted by Crippen LogP contribution is 2.24. The standard InChI is InChI=1S/C19H20N4O2S/c1-12-5-4-6-15(11-12)20-18(24)13(2)26-19-21-17(22-23-19)14-7-9-16(25-3)10-8-14/h4-11,13H,1-3H3,(H,20,24)(H,21,22,23)/t13-/m1/s1. The van der Waals surface area contributed by atoms with Crippen LogP contribution in [0.5, 0.6) is 5.75 Å². The minimum absolute atomic E-state index is 0.0867. The molecule has 1 amide bonds. The Kier molecular flexibility index (Phi) is 5.58. The Labute approximate surface area is 156 Å². The van der Waals surface area contributed by atoms with Crippen LogP contribution in [0.4, 0.5) is 5.69 Å². The first-order valence-corrected chi connectivity index (χ1v) is 9.04. The second-order valence-electron chi connectivity index (χ2n) is 5.81. The Morgan fingerprint density at radius 1 is 1.23 bits per heavy atom. The normalized spacial score (nSPS) is 11.8. The zero-order valence-electron chi connectivity index (χ0n) is 14.8. The van der Waals surface area contributed by atoms with Crippen LogP contribution in [0.25, 0.3) is 11.4 Å². The van der Waals surface area contributed by atoms with Crippen LogP contribution in [0.3, 0.4) is 0 Å². The number of H-pyrrole nitrogens is 1. The van der Waals surface area contributed by atoms with Crippen molar-refractivity contribution in [3.05, 3.63) is 54.1 Å². The summed E-state index contributed by atoms with van der Waals surface area (Å²) in [4.78, 5) is 16.8. The summed E-state index contributed by atoms with van der Waals surface area (Å²) in [6.07, 6.45) is 0. The molecule has 2 N–H and O–H groups in total. The van der Waals surface area contributed by atoms with Crippen LogP contribution < -0.4 is 10.1 Å². The van der Waals surface area contributed by atoms with Crippen molar-refractivity contribution in [3.63, 3.8) is 0 Å². The molecule has 1 aromatic heterocycles. The van der Waals surface area contributed by atoms with Crippen molar-refractivity contribution in [1.82, 2.24) is 15.2 Å². The molecule has 0 aliphatic heterocycles. The van der Waals surface area contributed by atoms with Crippen molar-refractivity contribution in [2.45, 2.75) is 24.3 Å². The molecule has 3 aromatic rings. The van der Waals surface area contributed by atoms with Crippen molar-refractivity contribution in [3.8, 4) is 17.1 Å². The number of amides is 1. The summed E-state index contributed by atoms with van der Waals surface area (Å²) in [5.41, 5.74) is 2.79. The number of aromatic nitrogens is 3. The summed E-state index contributed by atoms with van der Waals surface area (Å²) in [5, 5.41) is 10.2. The van der Waals surface area contributed by atoms with Gasteiger partial charge in [-0.05, 0) is 55.8 Å². The van der Waals surface area contributed by atoms with Gasteiger partial charge in [-0.3, -0.25) is 9.89 Å². The number of aromatic amines is 1. The van der Waals surface area contributed by atoms with E-state index in [2.05, 4.69) is 20.5 Å². The van der Waals surface area contributed by atoms with Gasteiger partial charge in [-0.25, -0.2) is 4.98 Å². The highest BCUT2D eigenvalue weighted by atomic mass is 32.2. The van der Waals surface area contributed by atoms with Crippen molar-refractivity contribution in [2.75, 3.05) is 12.4 Å². The Balaban J connectivity index is 1.63. The first-order valence-electron chi connectivity index (χ1n) is 8.16. The third kappa shape index (κ3) is 4.43. The van der Waals surface area contributed by atoms with Crippen molar-refractivity contribution < 1.29 is 9.53 Å². The van der Waals surface area contributed by atoms with Gasteiger partial charge in [0.15, 0.2) is 5.82 Å². The van der Waals surface area contributed by atoms with Crippen LogP contribution >= 0.6 is 11.8 Å². The van der Waals surface area contributed by atoms with Crippen LogP contribution in [-0.4, -0.2) is 33.4 Å². The molecule has 0 bridgehead atoms. The number of thioether (sulfide) groups is 1. The molecule has 0 saturated heterocycles. The van der Waals surface area contributed by atoms with Gasteiger partial charge in [-0.1, -0.05) is 23.9 Å². The minimum atomic E-state index is -0.324. The summed E-state index contributed by atoms with van der Waals surface area (Å²) in [7, 11) is 1.63. The minimum Gasteiger partial charge on any atom is -0.497 e. The van der Waals surface area contributed by atoms with Crippen LogP contribution in [0.15, 0.2) is 53.7 Å². The third-order valence-electron chi connectivity index (χ3n) is 3.77. The summed E-state index contributed by atoms with van der Waals surface area (Å²) in [5.74, 6) is 1.35. The van der Waals surface area contributed by atoms with E-state index >= 15 is 0 Å². The number of nitrogens with zero attached hydrogens (tertiary/aromatic N) is 2. The highest BCUT2D eigenvalue weighted by molar-refractivity contribution is 8.00. The molecule has 3 rings (SSSR count). The van der Waals surface area contributed by atoms with E-state index in [1.54, 1.807) is 7.11 Å². The number of hydrogen-bond donors (Lipinski definition) is 2. The first kappa shape index (κ1) is 18.0.